The first-order valence-electron chi connectivity index (χ1n) is 22.5. The van der Waals surface area contributed by atoms with Crippen LogP contribution in [0.4, 0.5) is 5.69 Å². The second-order valence-corrected chi connectivity index (χ2v) is 19.5. The molecule has 0 saturated carbocycles. The van der Waals surface area contributed by atoms with Crippen LogP contribution in [0, 0.1) is 11.5 Å². The van der Waals surface area contributed by atoms with Crippen molar-refractivity contribution in [2.75, 3.05) is 4.90 Å². The summed E-state index contributed by atoms with van der Waals surface area (Å²) < 4.78 is 6.69. The van der Waals surface area contributed by atoms with E-state index in [0.717, 1.165) is 73.4 Å². The van der Waals surface area contributed by atoms with Crippen LogP contribution in [0.5, 0.6) is 17.4 Å². The molecule has 5 nitrogen and oxygen atoms in total. The molecular weight excluding hydrogens is 978 g/mol. The molecule has 0 spiro atoms. The zero-order valence-corrected chi connectivity index (χ0v) is 40.3. The van der Waals surface area contributed by atoms with Gasteiger partial charge in [-0.3, -0.25) is 0 Å². The van der Waals surface area contributed by atoms with Crippen molar-refractivity contribution in [1.29, 1.82) is 0 Å². The molecule has 2 atom stereocenters. The monoisotopic (exact) mass is 1030 g/mol. The van der Waals surface area contributed by atoms with Gasteiger partial charge in [-0.15, -0.1) is 17.2 Å². The number of rotatable bonds is 8. The molecule has 1 aliphatic heterocycles. The van der Waals surface area contributed by atoms with Gasteiger partial charge in [-0.25, -0.2) is 4.98 Å². The molecule has 1 N–H and O–H groups in total. The predicted molar refractivity (Wildman–Crippen MR) is 264 cm³/mol. The van der Waals surface area contributed by atoms with E-state index in [1.165, 1.54) is 11.1 Å². The van der Waals surface area contributed by atoms with Crippen LogP contribution in [0.25, 0.3) is 44.3 Å². The molecule has 0 amide bonds. The van der Waals surface area contributed by atoms with Gasteiger partial charge in [0.25, 0.3) is 0 Å². The maximum atomic E-state index is 11.2. The molecule has 6 heteroatoms. The SMILES string of the molecule is CC(C)c1cc(Oc2ccc3cc(C(C)(C)C)cc(O)c3n2)[c-]c(C2=N[C@H]3c4ccccc4CC(C)(C)[C@H]3N2c2c(-c3ccccc3)cc(-c3ccccc3)cc2-c2ccccc2)c1.[Pt]. The summed E-state index contributed by atoms with van der Waals surface area (Å²) in [5, 5.41) is 12.1. The van der Waals surface area contributed by atoms with E-state index >= 15 is 0 Å². The number of phenolic OH excluding ortho intramolecular Hbond substituents is 1. The van der Waals surface area contributed by atoms with Gasteiger partial charge in [0.15, 0.2) is 0 Å². The van der Waals surface area contributed by atoms with E-state index in [-0.39, 0.29) is 55.6 Å². The van der Waals surface area contributed by atoms with E-state index < -0.39 is 0 Å². The Labute approximate surface area is 398 Å². The molecule has 0 fully saturated rings. The number of nitrogens with zero attached hydrogens (tertiary/aromatic N) is 3. The maximum absolute atomic E-state index is 11.2. The maximum Gasteiger partial charge on any atom is 0.217 e. The fraction of sp³-hybridized carbons (Fsp3) is 0.220. The summed E-state index contributed by atoms with van der Waals surface area (Å²) in [6, 6.07) is 61.5. The first kappa shape index (κ1) is 43.9. The molecule has 328 valence electrons. The van der Waals surface area contributed by atoms with E-state index in [1.807, 2.05) is 18.2 Å². The molecule has 0 bridgehead atoms. The van der Waals surface area contributed by atoms with Gasteiger partial charge in [-0.05, 0) is 92.4 Å². The Bertz CT molecular complexity index is 3000. The van der Waals surface area contributed by atoms with Crippen LogP contribution >= 0.6 is 0 Å². The van der Waals surface area contributed by atoms with Gasteiger partial charge in [0.1, 0.15) is 11.3 Å². The summed E-state index contributed by atoms with van der Waals surface area (Å²) in [5.41, 5.74) is 13.8. The number of aromatic nitrogens is 1. The molecule has 1 aromatic heterocycles. The number of phenols is 1. The van der Waals surface area contributed by atoms with Gasteiger partial charge in [0.2, 0.25) is 5.88 Å². The summed E-state index contributed by atoms with van der Waals surface area (Å²) in [6.45, 7) is 15.7. The van der Waals surface area contributed by atoms with Gasteiger partial charge in [-0.1, -0.05) is 176 Å². The van der Waals surface area contributed by atoms with E-state index in [4.69, 9.17) is 14.7 Å². The molecule has 7 aromatic carbocycles. The van der Waals surface area contributed by atoms with E-state index in [2.05, 4.69) is 205 Å². The second-order valence-electron chi connectivity index (χ2n) is 19.5. The van der Waals surface area contributed by atoms with E-state index in [1.54, 1.807) is 0 Å². The van der Waals surface area contributed by atoms with Crippen molar-refractivity contribution in [2.45, 2.75) is 78.3 Å². The molecule has 0 saturated heterocycles. The molecular formula is C59H54N3O2Pt-. The van der Waals surface area contributed by atoms with Crippen molar-refractivity contribution < 1.29 is 30.9 Å². The Morgan fingerprint density at radius 3 is 1.92 bits per heavy atom. The van der Waals surface area contributed by atoms with Crippen LogP contribution in [0.2, 0.25) is 0 Å². The quantitative estimate of drug-likeness (QED) is 0.154. The largest absolute Gasteiger partial charge is 0.506 e. The number of hydrogen-bond donors (Lipinski definition) is 1. The van der Waals surface area contributed by atoms with E-state index in [0.29, 0.717) is 17.1 Å². The minimum absolute atomic E-state index is 0. The number of amidine groups is 1. The van der Waals surface area contributed by atoms with Gasteiger partial charge < -0.3 is 19.7 Å². The summed E-state index contributed by atoms with van der Waals surface area (Å²) in [4.78, 5) is 13.3. The van der Waals surface area contributed by atoms with Crippen molar-refractivity contribution in [3.05, 3.63) is 198 Å². The Morgan fingerprint density at radius 1 is 0.708 bits per heavy atom. The minimum Gasteiger partial charge on any atom is -0.506 e. The summed E-state index contributed by atoms with van der Waals surface area (Å²) in [5.74, 6) is 2.10. The second kappa shape index (κ2) is 17.3. The first-order chi connectivity index (χ1) is 30.8. The number of hydrogen-bond acceptors (Lipinski definition) is 5. The number of ether oxygens (including phenoxy) is 1. The normalized spacial score (nSPS) is 16.4. The number of benzene rings is 7. The van der Waals surface area contributed by atoms with Crippen LogP contribution < -0.4 is 9.64 Å². The van der Waals surface area contributed by atoms with Crippen LogP contribution in [-0.2, 0) is 32.9 Å². The summed E-state index contributed by atoms with van der Waals surface area (Å²) in [6.07, 6.45) is 0.912. The fourth-order valence-electron chi connectivity index (χ4n) is 9.82. The van der Waals surface area contributed by atoms with E-state index in [9.17, 15) is 5.11 Å². The molecule has 2 heterocycles. The molecule has 2 aliphatic rings. The average Bonchev–Trinajstić information content (AvgIpc) is 3.71. The number of aliphatic imine (C=N–C) groups is 1. The number of fused-ring (bicyclic) bond motifs is 4. The minimum atomic E-state index is -0.191. The Hall–Kier alpha value is -6.29. The average molecular weight is 1030 g/mol. The summed E-state index contributed by atoms with van der Waals surface area (Å²) >= 11 is 0. The Balaban J connectivity index is 0.00000533. The standard InChI is InChI=1S/C59H54N3O2.Pt/c1-37(2)43-29-45(32-47(31-43)64-52-28-27-41-30-46(58(3,4)5)35-51(63)53(41)60-52)57-61-54-48-26-18-17-25-42(48)36-59(6,7)56(54)62(57)55-49(39-21-13-9-14-22-39)33-44(38-19-11-8-12-20-38)34-50(55)40-23-15-10-16-24-40;/h8-31,33-35,37,54,56,63H,36H2,1-7H3;/q-1;/t54-,56-;/m0./s1. The topological polar surface area (TPSA) is 58.0 Å². The van der Waals surface area contributed by atoms with Crippen LogP contribution in [0.15, 0.2) is 169 Å². The van der Waals surface area contributed by atoms with Gasteiger partial charge in [0, 0.05) is 49.4 Å². The van der Waals surface area contributed by atoms with Crippen LogP contribution in [0.1, 0.15) is 88.2 Å². The Kier molecular flexibility index (Phi) is 11.7. The zero-order valence-electron chi connectivity index (χ0n) is 38.0. The van der Waals surface area contributed by atoms with Gasteiger partial charge in [0.05, 0.1) is 23.6 Å². The molecule has 8 aromatic rings. The molecule has 65 heavy (non-hydrogen) atoms. The third kappa shape index (κ3) is 8.32. The third-order valence-electron chi connectivity index (χ3n) is 13.1. The molecule has 0 unspecified atom stereocenters. The first-order valence-corrected chi connectivity index (χ1v) is 22.5. The predicted octanol–water partition coefficient (Wildman–Crippen LogP) is 14.9. The summed E-state index contributed by atoms with van der Waals surface area (Å²) in [7, 11) is 0. The van der Waals surface area contributed by atoms with Crippen LogP contribution in [-0.4, -0.2) is 22.0 Å². The number of pyridine rings is 1. The molecule has 1 aliphatic carbocycles. The molecule has 0 radical (unpaired) electrons. The number of aromatic hydroxyl groups is 1. The fourth-order valence-corrected chi connectivity index (χ4v) is 9.82. The van der Waals surface area contributed by atoms with Crippen molar-refractivity contribution in [3.8, 4) is 50.8 Å². The van der Waals surface area contributed by atoms with Crippen LogP contribution in [0.3, 0.4) is 0 Å². The van der Waals surface area contributed by atoms with Gasteiger partial charge in [-0.2, -0.15) is 0 Å². The van der Waals surface area contributed by atoms with Crippen molar-refractivity contribution in [3.63, 3.8) is 0 Å². The van der Waals surface area contributed by atoms with Crippen molar-refractivity contribution >= 4 is 22.4 Å². The third-order valence-corrected chi connectivity index (χ3v) is 13.1. The number of anilines is 1. The molecule has 10 rings (SSSR count). The Morgan fingerprint density at radius 2 is 1.31 bits per heavy atom. The van der Waals surface area contributed by atoms with Gasteiger partial charge >= 0.3 is 0 Å². The van der Waals surface area contributed by atoms with Crippen molar-refractivity contribution in [2.24, 2.45) is 10.4 Å². The smallest absolute Gasteiger partial charge is 0.217 e. The van der Waals surface area contributed by atoms with Crippen molar-refractivity contribution in [1.82, 2.24) is 4.98 Å². The zero-order chi connectivity index (χ0) is 44.3.